The SMILES string of the molecule is CNC1(C(=O)OC)CCCC1CCOc1cccc(F)c1. The molecular formula is C16H22FNO3. The summed E-state index contributed by atoms with van der Waals surface area (Å²) in [6.45, 7) is 0.453. The molecule has 4 nitrogen and oxygen atoms in total. The number of ether oxygens (including phenoxy) is 2. The van der Waals surface area contributed by atoms with E-state index in [0.29, 0.717) is 12.4 Å². The van der Waals surface area contributed by atoms with Crippen molar-refractivity contribution in [3.8, 4) is 5.75 Å². The molecule has 0 aromatic heterocycles. The quantitative estimate of drug-likeness (QED) is 0.819. The fourth-order valence-electron chi connectivity index (χ4n) is 3.23. The van der Waals surface area contributed by atoms with Crippen molar-refractivity contribution in [2.75, 3.05) is 20.8 Å². The fourth-order valence-corrected chi connectivity index (χ4v) is 3.23. The average molecular weight is 295 g/mol. The van der Waals surface area contributed by atoms with Gasteiger partial charge in [-0.3, -0.25) is 4.79 Å². The molecule has 0 spiro atoms. The van der Waals surface area contributed by atoms with Gasteiger partial charge in [-0.2, -0.15) is 0 Å². The zero-order chi connectivity index (χ0) is 15.3. The van der Waals surface area contributed by atoms with Crippen molar-refractivity contribution < 1.29 is 18.7 Å². The first kappa shape index (κ1) is 15.8. The molecule has 1 aliphatic carbocycles. The Bertz CT molecular complexity index is 494. The molecule has 21 heavy (non-hydrogen) atoms. The molecule has 1 saturated carbocycles. The minimum absolute atomic E-state index is 0.170. The lowest BCUT2D eigenvalue weighted by atomic mass is 9.85. The summed E-state index contributed by atoms with van der Waals surface area (Å²) >= 11 is 0. The second kappa shape index (κ2) is 6.89. The molecule has 1 N–H and O–H groups in total. The van der Waals surface area contributed by atoms with Gasteiger partial charge in [-0.25, -0.2) is 4.39 Å². The van der Waals surface area contributed by atoms with E-state index in [1.807, 2.05) is 0 Å². The minimum Gasteiger partial charge on any atom is -0.493 e. The van der Waals surface area contributed by atoms with Gasteiger partial charge in [0.25, 0.3) is 0 Å². The van der Waals surface area contributed by atoms with Gasteiger partial charge >= 0.3 is 5.97 Å². The average Bonchev–Trinajstić information content (AvgIpc) is 2.90. The molecule has 5 heteroatoms. The van der Waals surface area contributed by atoms with Gasteiger partial charge in [0.05, 0.1) is 13.7 Å². The summed E-state index contributed by atoms with van der Waals surface area (Å²) < 4.78 is 23.6. The first-order chi connectivity index (χ1) is 10.1. The van der Waals surface area contributed by atoms with Gasteiger partial charge in [-0.15, -0.1) is 0 Å². The number of nitrogens with one attached hydrogen (secondary N) is 1. The van der Waals surface area contributed by atoms with Crippen LogP contribution >= 0.6 is 0 Å². The molecule has 1 aromatic rings. The van der Waals surface area contributed by atoms with E-state index in [4.69, 9.17) is 9.47 Å². The van der Waals surface area contributed by atoms with E-state index in [1.165, 1.54) is 19.2 Å². The van der Waals surface area contributed by atoms with Crippen LogP contribution in [0.3, 0.4) is 0 Å². The van der Waals surface area contributed by atoms with Crippen molar-refractivity contribution in [1.82, 2.24) is 5.32 Å². The van der Waals surface area contributed by atoms with Gasteiger partial charge < -0.3 is 14.8 Å². The maximum absolute atomic E-state index is 13.1. The lowest BCUT2D eigenvalue weighted by molar-refractivity contribution is -0.150. The molecule has 0 amide bonds. The molecule has 0 bridgehead atoms. The molecule has 1 fully saturated rings. The molecule has 0 aliphatic heterocycles. The number of hydrogen-bond donors (Lipinski definition) is 1. The van der Waals surface area contributed by atoms with E-state index >= 15 is 0 Å². The molecule has 1 aliphatic rings. The number of halogens is 1. The third-order valence-electron chi connectivity index (χ3n) is 4.35. The Labute approximate surface area is 124 Å². The number of methoxy groups -OCH3 is 1. The molecule has 0 radical (unpaired) electrons. The zero-order valence-electron chi connectivity index (χ0n) is 12.5. The fraction of sp³-hybridized carbons (Fsp3) is 0.562. The van der Waals surface area contributed by atoms with Crippen LogP contribution in [0.1, 0.15) is 25.7 Å². The van der Waals surface area contributed by atoms with Crippen molar-refractivity contribution >= 4 is 5.97 Å². The van der Waals surface area contributed by atoms with Crippen molar-refractivity contribution in [3.05, 3.63) is 30.1 Å². The molecule has 2 unspecified atom stereocenters. The number of carbonyl (C=O) groups is 1. The molecule has 1 aromatic carbocycles. The Kier molecular flexibility index (Phi) is 5.17. The third-order valence-corrected chi connectivity index (χ3v) is 4.35. The van der Waals surface area contributed by atoms with Gasteiger partial charge in [0, 0.05) is 6.07 Å². The van der Waals surface area contributed by atoms with Gasteiger partial charge in [0.1, 0.15) is 17.1 Å². The highest BCUT2D eigenvalue weighted by Crippen LogP contribution is 2.38. The minimum atomic E-state index is -0.611. The molecule has 2 atom stereocenters. The van der Waals surface area contributed by atoms with Crippen molar-refractivity contribution in [2.45, 2.75) is 31.2 Å². The second-order valence-corrected chi connectivity index (χ2v) is 5.40. The number of carbonyl (C=O) groups excluding carboxylic acids is 1. The first-order valence-electron chi connectivity index (χ1n) is 7.28. The highest BCUT2D eigenvalue weighted by molar-refractivity contribution is 5.81. The van der Waals surface area contributed by atoms with Gasteiger partial charge in [0.15, 0.2) is 0 Å². The Morgan fingerprint density at radius 3 is 3.00 bits per heavy atom. The number of hydrogen-bond acceptors (Lipinski definition) is 4. The number of likely N-dealkylation sites (N-methyl/N-ethyl adjacent to an activating group) is 1. The smallest absolute Gasteiger partial charge is 0.326 e. The normalized spacial score (nSPS) is 24.8. The summed E-state index contributed by atoms with van der Waals surface area (Å²) in [6.07, 6.45) is 3.45. The third kappa shape index (κ3) is 3.35. The molecule has 0 saturated heterocycles. The topological polar surface area (TPSA) is 47.6 Å². The maximum atomic E-state index is 13.1. The van der Waals surface area contributed by atoms with Crippen molar-refractivity contribution in [2.24, 2.45) is 5.92 Å². The molecule has 116 valence electrons. The summed E-state index contributed by atoms with van der Waals surface area (Å²) in [5.41, 5.74) is -0.611. The summed E-state index contributed by atoms with van der Waals surface area (Å²) in [6, 6.07) is 6.09. The molecule has 0 heterocycles. The Morgan fingerprint density at radius 1 is 1.52 bits per heavy atom. The van der Waals surface area contributed by atoms with Gasteiger partial charge in [0.2, 0.25) is 0 Å². The number of rotatable bonds is 6. The van der Waals surface area contributed by atoms with Crippen molar-refractivity contribution in [3.63, 3.8) is 0 Å². The molecular weight excluding hydrogens is 273 g/mol. The Balaban J connectivity index is 1.94. The van der Waals surface area contributed by atoms with Crippen LogP contribution in [0.4, 0.5) is 4.39 Å². The zero-order valence-corrected chi connectivity index (χ0v) is 12.5. The lowest BCUT2D eigenvalue weighted by Gasteiger charge is -2.32. The summed E-state index contributed by atoms with van der Waals surface area (Å²) in [5.74, 6) is 0.162. The van der Waals surface area contributed by atoms with Crippen LogP contribution in [0.15, 0.2) is 24.3 Å². The van der Waals surface area contributed by atoms with Crippen LogP contribution in [0.2, 0.25) is 0 Å². The van der Waals surface area contributed by atoms with Gasteiger partial charge in [-0.05, 0) is 44.4 Å². The number of esters is 1. The van der Waals surface area contributed by atoms with E-state index in [0.717, 1.165) is 25.7 Å². The highest BCUT2D eigenvalue weighted by atomic mass is 19.1. The number of benzene rings is 1. The van der Waals surface area contributed by atoms with Crippen LogP contribution in [0.5, 0.6) is 5.75 Å². The largest absolute Gasteiger partial charge is 0.493 e. The van der Waals surface area contributed by atoms with Crippen LogP contribution in [0.25, 0.3) is 0 Å². The Morgan fingerprint density at radius 2 is 2.33 bits per heavy atom. The second-order valence-electron chi connectivity index (χ2n) is 5.40. The lowest BCUT2D eigenvalue weighted by Crippen LogP contribution is -2.54. The van der Waals surface area contributed by atoms with Crippen LogP contribution in [0, 0.1) is 11.7 Å². The van der Waals surface area contributed by atoms with E-state index in [-0.39, 0.29) is 17.7 Å². The van der Waals surface area contributed by atoms with E-state index in [2.05, 4.69) is 5.32 Å². The predicted octanol–water partition coefficient (Wildman–Crippen LogP) is 2.53. The summed E-state index contributed by atoms with van der Waals surface area (Å²) in [4.78, 5) is 12.1. The van der Waals surface area contributed by atoms with Crippen LogP contribution < -0.4 is 10.1 Å². The highest BCUT2D eigenvalue weighted by Gasteiger charge is 2.48. The van der Waals surface area contributed by atoms with E-state index < -0.39 is 5.54 Å². The summed E-state index contributed by atoms with van der Waals surface area (Å²) in [5, 5.41) is 3.15. The van der Waals surface area contributed by atoms with Gasteiger partial charge in [-0.1, -0.05) is 12.5 Å². The van der Waals surface area contributed by atoms with E-state index in [9.17, 15) is 9.18 Å². The van der Waals surface area contributed by atoms with Crippen LogP contribution in [-0.4, -0.2) is 32.3 Å². The standard InChI is InChI=1S/C16H22FNO3/c1-18-16(15(19)20-2)9-4-5-12(16)8-10-21-14-7-3-6-13(17)11-14/h3,6-7,11-12,18H,4-5,8-10H2,1-2H3. The monoisotopic (exact) mass is 295 g/mol. The van der Waals surface area contributed by atoms with E-state index in [1.54, 1.807) is 19.2 Å². The maximum Gasteiger partial charge on any atom is 0.326 e. The summed E-state index contributed by atoms with van der Waals surface area (Å²) in [7, 11) is 3.21. The predicted molar refractivity (Wildman–Crippen MR) is 77.7 cm³/mol. The van der Waals surface area contributed by atoms with Crippen molar-refractivity contribution in [1.29, 1.82) is 0 Å². The van der Waals surface area contributed by atoms with Crippen LogP contribution in [-0.2, 0) is 9.53 Å². The first-order valence-corrected chi connectivity index (χ1v) is 7.28. The molecule has 2 rings (SSSR count). The Hall–Kier alpha value is -1.62.